The van der Waals surface area contributed by atoms with Gasteiger partial charge in [0.15, 0.2) is 6.23 Å². The first-order valence-electron chi connectivity index (χ1n) is 15.7. The number of aliphatic hydroxyl groups is 3. The minimum Gasteiger partial charge on any atom is -0.497 e. The average molecular weight is 647 g/mol. The third-order valence-electron chi connectivity index (χ3n) is 8.55. The Bertz CT molecular complexity index is 1270. The fourth-order valence-corrected chi connectivity index (χ4v) is 6.15. The summed E-state index contributed by atoms with van der Waals surface area (Å²) in [4.78, 5) is 41.5. The van der Waals surface area contributed by atoms with Gasteiger partial charge in [0.05, 0.1) is 26.5 Å². The predicted octanol–water partition coefficient (Wildman–Crippen LogP) is 1.55. The molecule has 0 bridgehead atoms. The maximum absolute atomic E-state index is 14.2. The summed E-state index contributed by atoms with van der Waals surface area (Å²) >= 11 is 0. The first kappa shape index (κ1) is 36.9. The predicted molar refractivity (Wildman–Crippen MR) is 169 cm³/mol. The summed E-state index contributed by atoms with van der Waals surface area (Å²) in [6.07, 6.45) is 2.69. The molecule has 1 saturated heterocycles. The van der Waals surface area contributed by atoms with Crippen molar-refractivity contribution in [2.24, 2.45) is 5.92 Å². The van der Waals surface area contributed by atoms with Crippen LogP contribution in [0.3, 0.4) is 0 Å². The molecule has 2 heterocycles. The smallest absolute Gasteiger partial charge is 0.254 e. The van der Waals surface area contributed by atoms with Gasteiger partial charge < -0.3 is 40.3 Å². The molecule has 46 heavy (non-hydrogen) atoms. The lowest BCUT2D eigenvalue weighted by Crippen LogP contribution is -2.62. The van der Waals surface area contributed by atoms with E-state index >= 15 is 0 Å². The number of nitrogens with zero attached hydrogens (tertiary/aromatic N) is 4. The number of benzene rings is 1. The number of unbranched alkanes of at least 4 members (excludes halogenated alkanes) is 1. The molecule has 0 radical (unpaired) electrons. The molecule has 2 aliphatic rings. The van der Waals surface area contributed by atoms with E-state index in [1.807, 2.05) is 6.92 Å². The van der Waals surface area contributed by atoms with Crippen molar-refractivity contribution in [3.8, 4) is 5.75 Å². The van der Waals surface area contributed by atoms with Crippen LogP contribution >= 0.6 is 0 Å². The number of amides is 3. The van der Waals surface area contributed by atoms with Gasteiger partial charge in [-0.15, -0.1) is 5.10 Å². The highest BCUT2D eigenvalue weighted by atomic mass is 16.5. The molecule has 1 aliphatic heterocycles. The molecular weight excluding hydrogens is 596 g/mol. The monoisotopic (exact) mass is 646 g/mol. The maximum atomic E-state index is 14.2. The molecule has 4 rings (SSSR count). The lowest BCUT2D eigenvalue weighted by atomic mass is 9.82. The number of hydrogen-bond donors (Lipinski definition) is 5. The average Bonchev–Trinajstić information content (AvgIpc) is 3.51. The van der Waals surface area contributed by atoms with Crippen molar-refractivity contribution in [3.05, 3.63) is 41.7 Å². The van der Waals surface area contributed by atoms with E-state index in [-0.39, 0.29) is 31.7 Å². The van der Waals surface area contributed by atoms with Crippen molar-refractivity contribution >= 4 is 17.7 Å². The number of carbonyl (C=O) groups is 3. The molecule has 1 aromatic carbocycles. The van der Waals surface area contributed by atoms with Crippen LogP contribution in [0.4, 0.5) is 0 Å². The van der Waals surface area contributed by atoms with Gasteiger partial charge in [-0.25, -0.2) is 4.68 Å². The Morgan fingerprint density at radius 1 is 1.13 bits per heavy atom. The summed E-state index contributed by atoms with van der Waals surface area (Å²) in [5, 5.41) is 45.0. The highest BCUT2D eigenvalue weighted by Gasteiger charge is 2.46. The van der Waals surface area contributed by atoms with Gasteiger partial charge in [0.2, 0.25) is 11.8 Å². The largest absolute Gasteiger partial charge is 0.497 e. The van der Waals surface area contributed by atoms with Gasteiger partial charge in [-0.05, 0) is 49.4 Å². The Balaban J connectivity index is 0.00000576. The van der Waals surface area contributed by atoms with Crippen LogP contribution in [0.1, 0.15) is 88.5 Å². The molecule has 1 aliphatic carbocycles. The second-order valence-electron chi connectivity index (χ2n) is 11.8. The molecule has 2 fully saturated rings. The van der Waals surface area contributed by atoms with Gasteiger partial charge in [-0.2, -0.15) is 0 Å². The van der Waals surface area contributed by atoms with Crippen molar-refractivity contribution in [2.75, 3.05) is 20.3 Å². The highest BCUT2D eigenvalue weighted by Crippen LogP contribution is 2.32. The number of hydrogen-bond acceptors (Lipinski definition) is 10. The van der Waals surface area contributed by atoms with Crippen LogP contribution in [0.2, 0.25) is 0 Å². The molecule has 14 heteroatoms. The molecule has 1 aromatic heterocycles. The van der Waals surface area contributed by atoms with Crippen LogP contribution in [-0.4, -0.2) is 104 Å². The van der Waals surface area contributed by atoms with E-state index in [4.69, 9.17) is 9.47 Å². The Kier molecular flexibility index (Phi) is 13.9. The Labute approximate surface area is 270 Å². The lowest BCUT2D eigenvalue weighted by molar-refractivity contribution is -0.219. The van der Waals surface area contributed by atoms with E-state index in [1.165, 1.54) is 17.8 Å². The summed E-state index contributed by atoms with van der Waals surface area (Å²) in [7, 11) is 1.54. The molecule has 6 unspecified atom stereocenters. The van der Waals surface area contributed by atoms with Gasteiger partial charge in [0, 0.05) is 19.0 Å². The first-order chi connectivity index (χ1) is 21.7. The standard InChI is InChI=1S/C31H46N6O8.CH4/c1-4-5-15-32-29(42)26(20-9-7-6-8-10-20)36(30(43)21-11-13-23(44-3)14-12-21)16-22-17-37(35-34-22)31-25(33-19(2)39)28(41)27(40)24(18-38)45-31;/h11-14,17,20,24-28,31,38,40-41H,4-10,15-16,18H2,1-3H3,(H,32,42)(H,33,39);1H4. The van der Waals surface area contributed by atoms with E-state index in [1.54, 1.807) is 36.3 Å². The molecule has 1 saturated carbocycles. The third kappa shape index (κ3) is 8.81. The quantitative estimate of drug-likeness (QED) is 0.200. The second kappa shape index (κ2) is 17.4. The summed E-state index contributed by atoms with van der Waals surface area (Å²) in [5.74, 6) is -0.489. The number of aromatic nitrogens is 3. The molecule has 14 nitrogen and oxygen atoms in total. The van der Waals surface area contributed by atoms with Gasteiger partial charge in [-0.3, -0.25) is 14.4 Å². The Morgan fingerprint density at radius 2 is 1.83 bits per heavy atom. The normalized spacial score (nSPS) is 23.9. The zero-order valence-electron chi connectivity index (χ0n) is 26.2. The van der Waals surface area contributed by atoms with Crippen LogP contribution in [0, 0.1) is 5.92 Å². The van der Waals surface area contributed by atoms with Gasteiger partial charge in [0.25, 0.3) is 5.91 Å². The van der Waals surface area contributed by atoms with Crippen molar-refractivity contribution in [2.45, 2.75) is 109 Å². The van der Waals surface area contributed by atoms with E-state index in [2.05, 4.69) is 20.9 Å². The zero-order valence-corrected chi connectivity index (χ0v) is 26.2. The Morgan fingerprint density at radius 3 is 2.43 bits per heavy atom. The van der Waals surface area contributed by atoms with Crippen LogP contribution < -0.4 is 15.4 Å². The third-order valence-corrected chi connectivity index (χ3v) is 8.55. The lowest BCUT2D eigenvalue weighted by Gasteiger charge is -2.42. The van der Waals surface area contributed by atoms with E-state index < -0.39 is 49.1 Å². The summed E-state index contributed by atoms with van der Waals surface area (Å²) in [6.45, 7) is 3.18. The van der Waals surface area contributed by atoms with Crippen LogP contribution in [0.15, 0.2) is 30.5 Å². The minimum absolute atomic E-state index is 0. The van der Waals surface area contributed by atoms with Crippen LogP contribution in [0.5, 0.6) is 5.75 Å². The second-order valence-corrected chi connectivity index (χ2v) is 11.8. The number of ether oxygens (including phenoxy) is 2. The zero-order chi connectivity index (χ0) is 32.5. The molecule has 5 N–H and O–H groups in total. The molecule has 2 aromatic rings. The van der Waals surface area contributed by atoms with E-state index in [0.717, 1.165) is 44.9 Å². The van der Waals surface area contributed by atoms with Gasteiger partial charge in [-0.1, -0.05) is 45.2 Å². The highest BCUT2D eigenvalue weighted by molar-refractivity contribution is 5.97. The number of rotatable bonds is 13. The van der Waals surface area contributed by atoms with E-state index in [0.29, 0.717) is 23.6 Å². The Hall–Kier alpha value is -3.59. The fraction of sp³-hybridized carbons (Fsp3) is 0.656. The molecular formula is C32H50N6O8. The topological polar surface area (TPSA) is 188 Å². The maximum Gasteiger partial charge on any atom is 0.254 e. The number of carbonyl (C=O) groups excluding carboxylic acids is 3. The number of nitrogens with one attached hydrogen (secondary N) is 2. The van der Waals surface area contributed by atoms with Gasteiger partial charge >= 0.3 is 0 Å². The fourth-order valence-electron chi connectivity index (χ4n) is 6.15. The summed E-state index contributed by atoms with van der Waals surface area (Å²) < 4.78 is 12.4. The SMILES string of the molecule is C.CCCCNC(=O)C(C1CCCCC1)N(Cc1cn(C2OC(CO)C(O)C(O)C2NC(C)=O)nn1)C(=O)c1ccc(OC)cc1. The minimum atomic E-state index is -1.46. The summed E-state index contributed by atoms with van der Waals surface area (Å²) in [6, 6.07) is 4.85. The van der Waals surface area contributed by atoms with Crippen LogP contribution in [-0.2, 0) is 20.9 Å². The molecule has 256 valence electrons. The van der Waals surface area contributed by atoms with Crippen molar-refractivity contribution in [1.82, 2.24) is 30.5 Å². The first-order valence-corrected chi connectivity index (χ1v) is 15.7. The molecule has 3 amide bonds. The van der Waals surface area contributed by atoms with Crippen molar-refractivity contribution < 1.29 is 39.2 Å². The van der Waals surface area contributed by atoms with Gasteiger partial charge in [0.1, 0.15) is 41.8 Å². The van der Waals surface area contributed by atoms with E-state index in [9.17, 15) is 29.7 Å². The van der Waals surface area contributed by atoms with Crippen molar-refractivity contribution in [1.29, 1.82) is 0 Å². The summed E-state index contributed by atoms with van der Waals surface area (Å²) in [5.41, 5.74) is 0.722. The molecule has 6 atom stereocenters. The molecule has 0 spiro atoms. The van der Waals surface area contributed by atoms with Crippen molar-refractivity contribution in [3.63, 3.8) is 0 Å². The number of aliphatic hydroxyl groups excluding tert-OH is 3. The number of methoxy groups -OCH3 is 1. The van der Waals surface area contributed by atoms with Crippen LogP contribution in [0.25, 0.3) is 0 Å².